The highest BCUT2D eigenvalue weighted by Crippen LogP contribution is 2.23. The lowest BCUT2D eigenvalue weighted by molar-refractivity contribution is -0.130. The van der Waals surface area contributed by atoms with Crippen LogP contribution < -0.4 is 5.32 Å². The minimum atomic E-state index is 0.0933. The van der Waals surface area contributed by atoms with Crippen molar-refractivity contribution in [3.63, 3.8) is 0 Å². The van der Waals surface area contributed by atoms with Crippen molar-refractivity contribution in [3.05, 3.63) is 30.1 Å². The molecule has 0 saturated carbocycles. The van der Waals surface area contributed by atoms with Gasteiger partial charge >= 0.3 is 0 Å². The van der Waals surface area contributed by atoms with Crippen molar-refractivity contribution in [2.24, 2.45) is 13.0 Å². The molecule has 2 heterocycles. The Labute approximate surface area is 143 Å². The van der Waals surface area contributed by atoms with Crippen molar-refractivity contribution in [2.45, 2.75) is 45.1 Å². The number of carbonyl (C=O) groups excluding carboxylic acids is 1. The predicted molar refractivity (Wildman–Crippen MR) is 94.8 cm³/mol. The Bertz CT molecular complexity index is 693. The van der Waals surface area contributed by atoms with Crippen LogP contribution in [0.4, 0.5) is 0 Å². The maximum Gasteiger partial charge on any atom is 0.223 e. The number of fused-ring (bicyclic) bond motifs is 1. The Morgan fingerprint density at radius 2 is 2.25 bits per heavy atom. The first-order valence-electron chi connectivity index (χ1n) is 8.98. The minimum Gasteiger partial charge on any atom is -0.378 e. The standard InChI is InChI=1S/C19H27N3O2/c1-3-6-15-13-14(10-12-24-15)19(23)20-11-9-18-21-16-7-4-5-8-17(16)22(18)2/h4-5,7-8,14-15H,3,6,9-13H2,1-2H3,(H,20,23)/t14-,15-/m0/s1. The molecule has 3 rings (SSSR count). The molecule has 1 aromatic carbocycles. The van der Waals surface area contributed by atoms with E-state index in [1.54, 1.807) is 0 Å². The molecule has 1 amide bonds. The fourth-order valence-electron chi connectivity index (χ4n) is 3.50. The van der Waals surface area contributed by atoms with Crippen molar-refractivity contribution in [1.82, 2.24) is 14.9 Å². The van der Waals surface area contributed by atoms with E-state index in [4.69, 9.17) is 4.74 Å². The third-order valence-electron chi connectivity index (χ3n) is 4.88. The van der Waals surface area contributed by atoms with Gasteiger partial charge in [0.05, 0.1) is 17.1 Å². The number of aryl methyl sites for hydroxylation is 1. The maximum absolute atomic E-state index is 12.4. The third kappa shape index (κ3) is 3.78. The third-order valence-corrected chi connectivity index (χ3v) is 4.88. The van der Waals surface area contributed by atoms with Gasteiger partial charge in [0.2, 0.25) is 5.91 Å². The average molecular weight is 329 g/mol. The molecule has 5 nitrogen and oxygen atoms in total. The van der Waals surface area contributed by atoms with E-state index in [1.807, 2.05) is 25.2 Å². The molecule has 1 aliphatic heterocycles. The van der Waals surface area contributed by atoms with Crippen molar-refractivity contribution >= 4 is 16.9 Å². The Balaban J connectivity index is 1.52. The molecule has 1 fully saturated rings. The summed E-state index contributed by atoms with van der Waals surface area (Å²) in [5, 5.41) is 3.09. The van der Waals surface area contributed by atoms with E-state index in [-0.39, 0.29) is 17.9 Å². The van der Waals surface area contributed by atoms with Crippen LogP contribution in [0.15, 0.2) is 24.3 Å². The quantitative estimate of drug-likeness (QED) is 0.886. The van der Waals surface area contributed by atoms with E-state index in [9.17, 15) is 4.79 Å². The minimum absolute atomic E-state index is 0.0933. The molecule has 24 heavy (non-hydrogen) atoms. The average Bonchev–Trinajstić information content (AvgIpc) is 2.92. The number of rotatable bonds is 6. The Kier molecular flexibility index (Phi) is 5.51. The summed E-state index contributed by atoms with van der Waals surface area (Å²) in [5.74, 6) is 1.27. The lowest BCUT2D eigenvalue weighted by Crippen LogP contribution is -2.38. The fraction of sp³-hybridized carbons (Fsp3) is 0.579. The summed E-state index contributed by atoms with van der Waals surface area (Å²) in [7, 11) is 2.03. The number of nitrogens with one attached hydrogen (secondary N) is 1. The molecule has 0 unspecified atom stereocenters. The molecule has 2 atom stereocenters. The van der Waals surface area contributed by atoms with Gasteiger partial charge in [-0.3, -0.25) is 4.79 Å². The molecule has 1 aromatic heterocycles. The van der Waals surface area contributed by atoms with Gasteiger partial charge in [-0.05, 0) is 31.4 Å². The Morgan fingerprint density at radius 3 is 3.04 bits per heavy atom. The first kappa shape index (κ1) is 17.0. The lowest BCUT2D eigenvalue weighted by atomic mass is 9.93. The number of benzene rings is 1. The van der Waals surface area contributed by atoms with Gasteiger partial charge in [-0.15, -0.1) is 0 Å². The molecule has 130 valence electrons. The largest absolute Gasteiger partial charge is 0.378 e. The van der Waals surface area contributed by atoms with Gasteiger partial charge < -0.3 is 14.6 Å². The van der Waals surface area contributed by atoms with Gasteiger partial charge in [-0.1, -0.05) is 25.5 Å². The van der Waals surface area contributed by atoms with Crippen molar-refractivity contribution in [1.29, 1.82) is 0 Å². The van der Waals surface area contributed by atoms with Crippen LogP contribution in [0.2, 0.25) is 0 Å². The predicted octanol–water partition coefficient (Wildman–Crippen LogP) is 2.83. The second-order valence-electron chi connectivity index (χ2n) is 6.62. The number of aromatic nitrogens is 2. The van der Waals surface area contributed by atoms with Crippen LogP contribution in [0, 0.1) is 5.92 Å². The highest BCUT2D eigenvalue weighted by molar-refractivity contribution is 5.79. The first-order chi connectivity index (χ1) is 11.7. The van der Waals surface area contributed by atoms with Crippen LogP contribution in [0.1, 0.15) is 38.4 Å². The molecule has 1 saturated heterocycles. The summed E-state index contributed by atoms with van der Waals surface area (Å²) in [6.07, 6.45) is 4.83. The highest BCUT2D eigenvalue weighted by atomic mass is 16.5. The van der Waals surface area contributed by atoms with Crippen LogP contribution in [0.3, 0.4) is 0 Å². The molecule has 1 aliphatic rings. The number of imidazole rings is 1. The van der Waals surface area contributed by atoms with Gasteiger partial charge in [0.1, 0.15) is 5.82 Å². The van der Waals surface area contributed by atoms with Crippen LogP contribution in [0.5, 0.6) is 0 Å². The SMILES string of the molecule is CCC[C@H]1C[C@@H](C(=O)NCCc2nc3ccccc3n2C)CCO1. The molecule has 0 aliphatic carbocycles. The monoisotopic (exact) mass is 329 g/mol. The maximum atomic E-state index is 12.4. The number of amides is 1. The summed E-state index contributed by atoms with van der Waals surface area (Å²) in [5.41, 5.74) is 2.14. The zero-order valence-corrected chi connectivity index (χ0v) is 14.6. The van der Waals surface area contributed by atoms with Gasteiger partial charge in [0.15, 0.2) is 0 Å². The number of para-hydroxylation sites is 2. The zero-order chi connectivity index (χ0) is 16.9. The van der Waals surface area contributed by atoms with Gasteiger partial charge in [0, 0.05) is 32.5 Å². The highest BCUT2D eigenvalue weighted by Gasteiger charge is 2.27. The van der Waals surface area contributed by atoms with Gasteiger partial charge in [-0.2, -0.15) is 0 Å². The summed E-state index contributed by atoms with van der Waals surface area (Å²) < 4.78 is 7.83. The number of nitrogens with zero attached hydrogens (tertiary/aromatic N) is 2. The number of hydrogen-bond acceptors (Lipinski definition) is 3. The topological polar surface area (TPSA) is 56.2 Å². The van der Waals surface area contributed by atoms with Gasteiger partial charge in [-0.25, -0.2) is 4.98 Å². The van der Waals surface area contributed by atoms with Crippen molar-refractivity contribution < 1.29 is 9.53 Å². The summed E-state index contributed by atoms with van der Waals surface area (Å²) >= 11 is 0. The molecule has 1 N–H and O–H groups in total. The van der Waals surface area contributed by atoms with E-state index >= 15 is 0 Å². The molecule has 0 spiro atoms. The second kappa shape index (κ2) is 7.79. The Morgan fingerprint density at radius 1 is 1.42 bits per heavy atom. The number of ether oxygens (including phenoxy) is 1. The summed E-state index contributed by atoms with van der Waals surface area (Å²) in [4.78, 5) is 17.1. The summed E-state index contributed by atoms with van der Waals surface area (Å²) in [6, 6.07) is 8.11. The summed E-state index contributed by atoms with van der Waals surface area (Å²) in [6.45, 7) is 3.49. The van der Waals surface area contributed by atoms with Gasteiger partial charge in [0.25, 0.3) is 0 Å². The molecule has 0 radical (unpaired) electrons. The van der Waals surface area contributed by atoms with Crippen LogP contribution in [-0.4, -0.2) is 34.7 Å². The Hall–Kier alpha value is -1.88. The van der Waals surface area contributed by atoms with E-state index in [1.165, 1.54) is 0 Å². The number of carbonyl (C=O) groups is 1. The zero-order valence-electron chi connectivity index (χ0n) is 14.6. The second-order valence-corrected chi connectivity index (χ2v) is 6.62. The van der Waals surface area contributed by atoms with Crippen LogP contribution in [-0.2, 0) is 23.0 Å². The lowest BCUT2D eigenvalue weighted by Gasteiger charge is -2.28. The number of hydrogen-bond donors (Lipinski definition) is 1. The normalized spacial score (nSPS) is 21.1. The molecular formula is C19H27N3O2. The smallest absolute Gasteiger partial charge is 0.223 e. The first-order valence-corrected chi connectivity index (χ1v) is 8.98. The molecule has 0 bridgehead atoms. The molecular weight excluding hydrogens is 302 g/mol. The van der Waals surface area contributed by atoms with E-state index in [2.05, 4.69) is 27.9 Å². The van der Waals surface area contributed by atoms with Crippen LogP contribution >= 0.6 is 0 Å². The van der Waals surface area contributed by atoms with Crippen molar-refractivity contribution in [3.8, 4) is 0 Å². The van der Waals surface area contributed by atoms with Crippen molar-refractivity contribution in [2.75, 3.05) is 13.2 Å². The van der Waals surface area contributed by atoms with E-state index < -0.39 is 0 Å². The molecule has 2 aromatic rings. The van der Waals surface area contributed by atoms with E-state index in [0.717, 1.165) is 49.0 Å². The van der Waals surface area contributed by atoms with Crippen LogP contribution in [0.25, 0.3) is 11.0 Å². The van der Waals surface area contributed by atoms with E-state index in [0.29, 0.717) is 13.2 Å². The fourth-order valence-corrected chi connectivity index (χ4v) is 3.50. The molecule has 5 heteroatoms.